The molecule has 2 saturated heterocycles. The molecule has 3 heterocycles. The van der Waals surface area contributed by atoms with Crippen LogP contribution >= 0.6 is 15.8 Å². The number of ether oxygens (including phenoxy) is 1. The minimum Gasteiger partial charge on any atom is -0.386 e. The highest BCUT2D eigenvalue weighted by molar-refractivity contribution is 7.69. The number of hydrogen-bond donors (Lipinski definition) is 0. The van der Waals surface area contributed by atoms with E-state index in [1.807, 2.05) is 0 Å². The molecule has 0 aliphatic carbocycles. The van der Waals surface area contributed by atoms with Gasteiger partial charge >= 0.3 is 11.9 Å². The van der Waals surface area contributed by atoms with E-state index in [2.05, 4.69) is 20.8 Å². The van der Waals surface area contributed by atoms with E-state index in [-0.39, 0.29) is 11.9 Å². The monoisotopic (exact) mass is 312 g/mol. The van der Waals surface area contributed by atoms with Crippen molar-refractivity contribution in [1.29, 1.82) is 0 Å². The number of hydrogen-bond acceptors (Lipinski definition) is 3. The van der Waals surface area contributed by atoms with Crippen molar-refractivity contribution in [3.63, 3.8) is 0 Å². The van der Waals surface area contributed by atoms with Gasteiger partial charge < -0.3 is 4.74 Å². The molecule has 3 aliphatic rings. The Labute approximate surface area is 123 Å². The fourth-order valence-corrected chi connectivity index (χ4v) is 10.5. The molecule has 0 bridgehead atoms. The summed E-state index contributed by atoms with van der Waals surface area (Å²) in [7, 11) is -0.975. The summed E-state index contributed by atoms with van der Waals surface area (Å²) >= 11 is 0. The van der Waals surface area contributed by atoms with E-state index in [0.29, 0.717) is 17.0 Å². The molecule has 2 fully saturated rings. The van der Waals surface area contributed by atoms with Crippen LogP contribution < -0.4 is 0 Å². The van der Waals surface area contributed by atoms with Gasteiger partial charge in [-0.2, -0.15) is 0 Å². The highest BCUT2D eigenvalue weighted by Gasteiger charge is 2.47. The van der Waals surface area contributed by atoms with Crippen LogP contribution in [0.15, 0.2) is 10.6 Å². The highest BCUT2D eigenvalue weighted by atomic mass is 31.1. The van der Waals surface area contributed by atoms with Gasteiger partial charge in [0, 0.05) is 0 Å². The normalized spacial score (nSPS) is 39.0. The van der Waals surface area contributed by atoms with Crippen molar-refractivity contribution in [2.24, 2.45) is 0 Å². The van der Waals surface area contributed by atoms with Crippen molar-refractivity contribution >= 4 is 27.8 Å². The molecule has 5 heteroatoms. The SMILES string of the molecule is C[C@@H]1CCCP1C1=C(P2[C@H](C)CC[C@H]2C)C(=O)OC1=O. The van der Waals surface area contributed by atoms with E-state index in [0.717, 1.165) is 16.8 Å². The Morgan fingerprint density at radius 3 is 2.05 bits per heavy atom. The first kappa shape index (κ1) is 14.7. The topological polar surface area (TPSA) is 43.4 Å². The number of rotatable bonds is 2. The van der Waals surface area contributed by atoms with Crippen LogP contribution in [-0.4, -0.2) is 35.1 Å². The van der Waals surface area contributed by atoms with E-state index in [1.165, 1.54) is 25.7 Å². The molecule has 3 nitrogen and oxygen atoms in total. The Hall–Kier alpha value is -0.260. The highest BCUT2D eigenvalue weighted by Crippen LogP contribution is 2.68. The van der Waals surface area contributed by atoms with Gasteiger partial charge in [-0.3, -0.25) is 0 Å². The minimum atomic E-state index is -0.509. The summed E-state index contributed by atoms with van der Waals surface area (Å²) in [5.41, 5.74) is 1.67. The number of carbonyl (C=O) groups is 2. The Kier molecular flexibility index (Phi) is 4.04. The van der Waals surface area contributed by atoms with Crippen LogP contribution in [0, 0.1) is 0 Å². The molecule has 0 aromatic rings. The second kappa shape index (κ2) is 5.50. The smallest absolute Gasteiger partial charge is 0.347 e. The lowest BCUT2D eigenvalue weighted by atomic mass is 10.2. The third-order valence-electron chi connectivity index (χ3n) is 4.85. The largest absolute Gasteiger partial charge is 0.386 e. The van der Waals surface area contributed by atoms with Gasteiger partial charge in [-0.05, 0) is 48.8 Å². The summed E-state index contributed by atoms with van der Waals surface area (Å²) in [6.45, 7) is 6.70. The third kappa shape index (κ3) is 2.28. The summed E-state index contributed by atoms with van der Waals surface area (Å²) in [6.07, 6.45) is 5.84. The van der Waals surface area contributed by atoms with E-state index in [1.54, 1.807) is 0 Å². The zero-order chi connectivity index (χ0) is 14.4. The van der Waals surface area contributed by atoms with E-state index in [4.69, 9.17) is 4.74 Å². The average Bonchev–Trinajstić information content (AvgIpc) is 3.01. The molecule has 3 aliphatic heterocycles. The molecule has 1 unspecified atom stereocenters. The lowest BCUT2D eigenvalue weighted by molar-refractivity contribution is -0.150. The van der Waals surface area contributed by atoms with Crippen LogP contribution in [-0.2, 0) is 14.3 Å². The van der Waals surface area contributed by atoms with Crippen molar-refractivity contribution in [2.75, 3.05) is 6.16 Å². The first-order valence-electron chi connectivity index (χ1n) is 7.56. The maximum absolute atomic E-state index is 12.3. The van der Waals surface area contributed by atoms with Gasteiger partial charge in [-0.1, -0.05) is 36.6 Å². The zero-order valence-electron chi connectivity index (χ0n) is 12.4. The first-order chi connectivity index (χ1) is 9.50. The summed E-state index contributed by atoms with van der Waals surface area (Å²) in [5, 5.41) is 1.67. The molecule has 4 atom stereocenters. The molecule has 0 spiro atoms. The lowest BCUT2D eigenvalue weighted by Crippen LogP contribution is -2.06. The van der Waals surface area contributed by atoms with Crippen LogP contribution in [0.4, 0.5) is 0 Å². The standard InChI is InChI=1S/C15H22O3P2/c1-9-5-4-8-19(9)12-13(15(17)18-14(12)16)20-10(2)6-7-11(20)3/h9-11H,4-8H2,1-3H3/t9-,10-,11-,19?/m1/s1. The maximum Gasteiger partial charge on any atom is 0.347 e. The number of cyclic esters (lactones) is 2. The Bertz CT molecular complexity index is 476. The van der Waals surface area contributed by atoms with Crippen LogP contribution in [0.25, 0.3) is 0 Å². The Morgan fingerprint density at radius 2 is 1.50 bits per heavy atom. The van der Waals surface area contributed by atoms with Crippen molar-refractivity contribution < 1.29 is 14.3 Å². The summed E-state index contributed by atoms with van der Waals surface area (Å²) in [6, 6.07) is 0. The van der Waals surface area contributed by atoms with E-state index >= 15 is 0 Å². The number of carbonyl (C=O) groups excluding carboxylic acids is 2. The molecule has 110 valence electrons. The summed E-state index contributed by atoms with van der Waals surface area (Å²) < 4.78 is 5.04. The molecule has 0 saturated carbocycles. The summed E-state index contributed by atoms with van der Waals surface area (Å²) in [4.78, 5) is 24.5. The molecule has 0 radical (unpaired) electrons. The van der Waals surface area contributed by atoms with E-state index < -0.39 is 15.8 Å². The van der Waals surface area contributed by atoms with Crippen molar-refractivity contribution in [3.05, 3.63) is 10.6 Å². The van der Waals surface area contributed by atoms with Gasteiger partial charge in [0.25, 0.3) is 0 Å². The van der Waals surface area contributed by atoms with Gasteiger partial charge in [-0.15, -0.1) is 0 Å². The van der Waals surface area contributed by atoms with Gasteiger partial charge in [-0.25, -0.2) is 9.59 Å². The second-order valence-corrected chi connectivity index (χ2v) is 12.0. The molecular formula is C15H22O3P2. The predicted octanol–water partition coefficient (Wildman–Crippen LogP) is 4.00. The molecule has 0 N–H and O–H groups in total. The minimum absolute atomic E-state index is 0.307. The zero-order valence-corrected chi connectivity index (χ0v) is 14.2. The van der Waals surface area contributed by atoms with Gasteiger partial charge in [0.05, 0.1) is 10.6 Å². The fourth-order valence-electron chi connectivity index (χ4n) is 3.76. The van der Waals surface area contributed by atoms with Gasteiger partial charge in [0.15, 0.2) is 0 Å². The maximum atomic E-state index is 12.3. The molecule has 20 heavy (non-hydrogen) atoms. The quantitative estimate of drug-likeness (QED) is 0.440. The van der Waals surface area contributed by atoms with Crippen LogP contribution in [0.1, 0.15) is 46.5 Å². The average molecular weight is 312 g/mol. The van der Waals surface area contributed by atoms with Crippen molar-refractivity contribution in [1.82, 2.24) is 0 Å². The van der Waals surface area contributed by atoms with Gasteiger partial charge in [0.2, 0.25) is 0 Å². The van der Waals surface area contributed by atoms with Crippen LogP contribution in [0.5, 0.6) is 0 Å². The molecule has 0 amide bonds. The van der Waals surface area contributed by atoms with E-state index in [9.17, 15) is 9.59 Å². The Morgan fingerprint density at radius 1 is 0.900 bits per heavy atom. The van der Waals surface area contributed by atoms with Gasteiger partial charge in [0.1, 0.15) is 0 Å². The molecule has 0 aromatic carbocycles. The lowest BCUT2D eigenvalue weighted by Gasteiger charge is -2.23. The van der Waals surface area contributed by atoms with Crippen molar-refractivity contribution in [3.8, 4) is 0 Å². The molecular weight excluding hydrogens is 290 g/mol. The van der Waals surface area contributed by atoms with Crippen LogP contribution in [0.3, 0.4) is 0 Å². The Balaban J connectivity index is 2.04. The first-order valence-corrected chi connectivity index (χ1v) is 10.6. The second-order valence-electron chi connectivity index (χ2n) is 6.24. The molecule has 0 aromatic heterocycles. The van der Waals surface area contributed by atoms with Crippen LogP contribution in [0.2, 0.25) is 0 Å². The molecule has 3 rings (SSSR count). The summed E-state index contributed by atoms with van der Waals surface area (Å²) in [5.74, 6) is -0.614. The third-order valence-corrected chi connectivity index (χ3v) is 11.5. The van der Waals surface area contributed by atoms with Crippen molar-refractivity contribution in [2.45, 2.75) is 63.4 Å². The number of esters is 2. The predicted molar refractivity (Wildman–Crippen MR) is 83.7 cm³/mol. The fraction of sp³-hybridized carbons (Fsp3) is 0.733.